The summed E-state index contributed by atoms with van der Waals surface area (Å²) in [5, 5.41) is 0. The van der Waals surface area contributed by atoms with Crippen molar-refractivity contribution < 1.29 is 4.89 Å². The molecule has 0 bridgehead atoms. The average molecular weight is 297 g/mol. The lowest BCUT2D eigenvalue weighted by Crippen LogP contribution is -2.16. The quantitative estimate of drug-likeness (QED) is 0.633. The molecule has 72 valence electrons. The predicted molar refractivity (Wildman–Crippen MR) is 65.6 cm³/mol. The van der Waals surface area contributed by atoms with Crippen molar-refractivity contribution in [1.82, 2.24) is 0 Å². The van der Waals surface area contributed by atoms with E-state index in [2.05, 4.69) is 14.8 Å². The molecule has 1 unspecified atom stereocenters. The van der Waals surface area contributed by atoms with E-state index >= 15 is 0 Å². The van der Waals surface area contributed by atoms with Crippen LogP contribution in [0.4, 0.5) is 5.69 Å². The normalized spacial score (nSPS) is 15.0. The molecule has 0 aromatic heterocycles. The van der Waals surface area contributed by atoms with E-state index in [0.717, 1.165) is 5.69 Å². The number of nitrogens with zero attached hydrogens (tertiary/aromatic N) is 1. The van der Waals surface area contributed by atoms with E-state index in [0.29, 0.717) is 0 Å². The van der Waals surface area contributed by atoms with Crippen molar-refractivity contribution in [2.45, 2.75) is 0 Å². The van der Waals surface area contributed by atoms with E-state index in [1.54, 1.807) is 10.7 Å². The van der Waals surface area contributed by atoms with Gasteiger partial charge in [-0.2, -0.15) is 0 Å². The summed E-state index contributed by atoms with van der Waals surface area (Å²) in [4.78, 5) is 11.6. The number of benzene rings is 1. The fourth-order valence-corrected chi connectivity index (χ4v) is 6.14. The Morgan fingerprint density at radius 1 is 1.46 bits per heavy atom. The molecule has 1 aromatic rings. The largest absolute Gasteiger partial charge is 0.805 e. The lowest BCUT2D eigenvalue weighted by Gasteiger charge is -2.35. The summed E-state index contributed by atoms with van der Waals surface area (Å²) >= 11 is 8.11. The molecule has 0 heterocycles. The Balaban J connectivity index is 2.99. The zero-order valence-electron chi connectivity index (χ0n) is 6.88. The number of halogens is 1. The summed E-state index contributed by atoms with van der Waals surface area (Å²) in [6.45, 7) is 1.56. The van der Waals surface area contributed by atoms with E-state index in [9.17, 15) is 4.89 Å². The van der Waals surface area contributed by atoms with Gasteiger partial charge in [0.25, 0.3) is 0 Å². The van der Waals surface area contributed by atoms with Crippen LogP contribution in [0, 0.1) is 0 Å². The summed E-state index contributed by atoms with van der Waals surface area (Å²) in [6, 6.07) is 9.42. The molecule has 1 rings (SSSR count). The highest BCUT2D eigenvalue weighted by Gasteiger charge is 2.09. The lowest BCUT2D eigenvalue weighted by atomic mass is 10.3. The molecule has 0 fully saturated rings. The van der Waals surface area contributed by atoms with E-state index in [4.69, 9.17) is 11.8 Å². The molecule has 0 aliphatic rings. The molecule has 13 heavy (non-hydrogen) atoms. The fraction of sp³-hybridized carbons (Fsp3) is 0.143. The molecule has 0 saturated heterocycles. The molecule has 1 atom stereocenters. The van der Waals surface area contributed by atoms with E-state index in [-0.39, 0.29) is 0 Å². The van der Waals surface area contributed by atoms with Gasteiger partial charge in [-0.25, -0.2) is 0 Å². The average Bonchev–Trinajstić information content (AvgIpc) is 2.05. The highest BCUT2D eigenvalue weighted by atomic mass is 79.9. The van der Waals surface area contributed by atoms with Crippen molar-refractivity contribution in [2.24, 2.45) is 0 Å². The number of hydrogen-bond donors (Lipinski definition) is 0. The molecule has 0 aliphatic heterocycles. The van der Waals surface area contributed by atoms with Crippen molar-refractivity contribution >= 4 is 49.1 Å². The third-order valence-electron chi connectivity index (χ3n) is 1.37. The number of para-hydroxylation sites is 1. The van der Waals surface area contributed by atoms with Crippen molar-refractivity contribution in [2.75, 3.05) is 10.7 Å². The molecule has 0 spiro atoms. The minimum atomic E-state index is -2.66. The zero-order chi connectivity index (χ0) is 9.90. The van der Waals surface area contributed by atoms with Gasteiger partial charge in [0.05, 0.1) is 5.69 Å². The maximum Gasteiger partial charge on any atom is 0.0511 e. The van der Waals surface area contributed by atoms with Crippen LogP contribution in [0.5, 0.6) is 0 Å². The highest BCUT2D eigenvalue weighted by molar-refractivity contribution is 9.50. The molecule has 0 saturated carbocycles. The molecule has 6 heteroatoms. The summed E-state index contributed by atoms with van der Waals surface area (Å²) in [5.41, 5.74) is 0.852. The van der Waals surface area contributed by atoms with Gasteiger partial charge in [-0.05, 0) is 25.2 Å². The highest BCUT2D eigenvalue weighted by Crippen LogP contribution is 2.47. The first-order valence-corrected chi connectivity index (χ1v) is 9.22. The van der Waals surface area contributed by atoms with Crippen LogP contribution < -0.4 is 8.97 Å². The van der Waals surface area contributed by atoms with Crippen molar-refractivity contribution in [3.05, 3.63) is 30.3 Å². The Labute approximate surface area is 94.8 Å². The van der Waals surface area contributed by atoms with Crippen LogP contribution in [-0.4, -0.2) is 6.66 Å². The second kappa shape index (κ2) is 4.80. The van der Waals surface area contributed by atoms with Crippen LogP contribution in [0.3, 0.4) is 0 Å². The van der Waals surface area contributed by atoms with Gasteiger partial charge in [0.15, 0.2) is 0 Å². The minimum Gasteiger partial charge on any atom is -0.805 e. The van der Waals surface area contributed by atoms with Gasteiger partial charge in [-0.3, -0.25) is 4.08 Å². The first-order chi connectivity index (χ1) is 6.05. The number of hydrogen-bond acceptors (Lipinski definition) is 3. The van der Waals surface area contributed by atoms with Crippen LogP contribution in [0.15, 0.2) is 30.3 Å². The lowest BCUT2D eigenvalue weighted by molar-refractivity contribution is -0.159. The van der Waals surface area contributed by atoms with Crippen LogP contribution >= 0.6 is 31.6 Å². The molecule has 1 aromatic carbocycles. The number of anilines is 1. The summed E-state index contributed by atoms with van der Waals surface area (Å²) in [5.74, 6) is 0. The third kappa shape index (κ3) is 3.26. The van der Waals surface area contributed by atoms with Crippen LogP contribution in [-0.2, 0) is 11.8 Å². The van der Waals surface area contributed by atoms with Crippen LogP contribution in [0.25, 0.3) is 0 Å². The smallest absolute Gasteiger partial charge is 0.0511 e. The Kier molecular flexibility index (Phi) is 4.26. The second-order valence-electron chi connectivity index (χ2n) is 2.48. The summed E-state index contributed by atoms with van der Waals surface area (Å²) in [7, 11) is 1.21. The Bertz CT molecular complexity index is 316. The monoisotopic (exact) mass is 296 g/mol. The molecular formula is C7H8BrNOPS2-. The van der Waals surface area contributed by atoms with Gasteiger partial charge >= 0.3 is 0 Å². The van der Waals surface area contributed by atoms with Crippen molar-refractivity contribution in [1.29, 1.82) is 0 Å². The first-order valence-electron chi connectivity index (χ1n) is 3.48. The zero-order valence-corrected chi connectivity index (χ0v) is 11.0. The Morgan fingerprint density at radius 3 is 2.38 bits per heavy atom. The van der Waals surface area contributed by atoms with Gasteiger partial charge in [-0.15, -0.1) is 0 Å². The van der Waals surface area contributed by atoms with E-state index in [1.165, 1.54) is 10.4 Å². The van der Waals surface area contributed by atoms with Gasteiger partial charge in [-0.1, -0.05) is 30.0 Å². The Hall–Kier alpha value is 0.460. The molecule has 0 aliphatic carbocycles. The van der Waals surface area contributed by atoms with Crippen molar-refractivity contribution in [3.63, 3.8) is 0 Å². The maximum atomic E-state index is 11.6. The first kappa shape index (κ1) is 11.5. The SMILES string of the molecule is CP([O-])(=S)N(SBr)c1ccccc1. The molecular weight excluding hydrogens is 289 g/mol. The van der Waals surface area contributed by atoms with Crippen molar-refractivity contribution in [3.8, 4) is 0 Å². The third-order valence-corrected chi connectivity index (χ3v) is 6.12. The molecule has 0 N–H and O–H groups in total. The molecule has 2 nitrogen and oxygen atoms in total. The van der Waals surface area contributed by atoms with Gasteiger partial charge in [0.2, 0.25) is 0 Å². The summed E-state index contributed by atoms with van der Waals surface area (Å²) in [6.07, 6.45) is -2.66. The summed E-state index contributed by atoms with van der Waals surface area (Å²) < 4.78 is 1.60. The molecule has 0 radical (unpaired) electrons. The maximum absolute atomic E-state index is 11.6. The molecule has 0 amide bonds. The van der Waals surface area contributed by atoms with E-state index in [1.807, 2.05) is 30.3 Å². The van der Waals surface area contributed by atoms with Gasteiger partial charge in [0, 0.05) is 25.2 Å². The van der Waals surface area contributed by atoms with Crippen LogP contribution in [0.2, 0.25) is 0 Å². The van der Waals surface area contributed by atoms with Gasteiger partial charge in [0.1, 0.15) is 0 Å². The standard InChI is InChI=1S/C7H9BrNOPS2/c1-11(10,12)9(13-8)7-5-3-2-4-6-7/h2-6H,1H3,(H,10,12)/p-1. The fourth-order valence-electron chi connectivity index (χ4n) is 0.861. The Morgan fingerprint density at radius 2 is 2.00 bits per heavy atom. The minimum absolute atomic E-state index is 0.852. The number of rotatable bonds is 3. The van der Waals surface area contributed by atoms with E-state index < -0.39 is 6.42 Å². The van der Waals surface area contributed by atoms with Crippen LogP contribution in [0.1, 0.15) is 0 Å². The van der Waals surface area contributed by atoms with Gasteiger partial charge < -0.3 is 4.89 Å². The predicted octanol–water partition coefficient (Wildman–Crippen LogP) is 2.75. The topological polar surface area (TPSA) is 26.3 Å². The second-order valence-corrected chi connectivity index (χ2v) is 8.16.